The van der Waals surface area contributed by atoms with E-state index < -0.39 is 11.3 Å². The summed E-state index contributed by atoms with van der Waals surface area (Å²) in [6, 6.07) is 17.2. The molecule has 27 heavy (non-hydrogen) atoms. The van der Waals surface area contributed by atoms with Gasteiger partial charge in [-0.05, 0) is 42.0 Å². The summed E-state index contributed by atoms with van der Waals surface area (Å²) >= 11 is 0. The lowest BCUT2D eigenvalue weighted by Crippen LogP contribution is -2.45. The van der Waals surface area contributed by atoms with E-state index in [9.17, 15) is 9.59 Å². The molecule has 1 aliphatic carbocycles. The molecule has 0 aromatic heterocycles. The van der Waals surface area contributed by atoms with Gasteiger partial charge in [0.05, 0.1) is 11.5 Å². The fourth-order valence-electron chi connectivity index (χ4n) is 4.15. The van der Waals surface area contributed by atoms with Crippen molar-refractivity contribution in [2.24, 2.45) is 11.7 Å². The Balaban J connectivity index is 1.87. The van der Waals surface area contributed by atoms with Crippen molar-refractivity contribution in [3.63, 3.8) is 0 Å². The minimum absolute atomic E-state index is 0.101. The average molecular weight is 364 g/mol. The maximum atomic E-state index is 13.4. The second-order valence-electron chi connectivity index (χ2n) is 7.84. The molecule has 0 radical (unpaired) electrons. The SMILES string of the molecule is CC(C)C(NC(=O)C1(c2ccccc2)CCCC1)c1ccc(C(N)=O)cc1. The maximum absolute atomic E-state index is 13.4. The van der Waals surface area contributed by atoms with E-state index >= 15 is 0 Å². The van der Waals surface area contributed by atoms with Crippen LogP contribution in [0.1, 0.15) is 67.1 Å². The van der Waals surface area contributed by atoms with Gasteiger partial charge in [0.15, 0.2) is 0 Å². The highest BCUT2D eigenvalue weighted by Crippen LogP contribution is 2.42. The zero-order chi connectivity index (χ0) is 19.4. The Labute approximate surface area is 161 Å². The van der Waals surface area contributed by atoms with E-state index in [2.05, 4.69) is 31.3 Å². The fraction of sp³-hybridized carbons (Fsp3) is 0.391. The Morgan fingerprint density at radius 1 is 0.963 bits per heavy atom. The summed E-state index contributed by atoms with van der Waals surface area (Å²) in [7, 11) is 0. The Morgan fingerprint density at radius 2 is 1.56 bits per heavy atom. The average Bonchev–Trinajstić information content (AvgIpc) is 3.18. The van der Waals surface area contributed by atoms with Crippen molar-refractivity contribution in [1.29, 1.82) is 0 Å². The third-order valence-electron chi connectivity index (χ3n) is 5.73. The van der Waals surface area contributed by atoms with Crippen molar-refractivity contribution in [3.05, 3.63) is 71.3 Å². The third-order valence-corrected chi connectivity index (χ3v) is 5.73. The van der Waals surface area contributed by atoms with Gasteiger partial charge in [-0.3, -0.25) is 9.59 Å². The molecular formula is C23H28N2O2. The number of primary amides is 1. The largest absolute Gasteiger partial charge is 0.366 e. The molecule has 2 aromatic rings. The topological polar surface area (TPSA) is 72.2 Å². The minimum atomic E-state index is -0.444. The highest BCUT2D eigenvalue weighted by atomic mass is 16.2. The summed E-state index contributed by atoms with van der Waals surface area (Å²) in [5.74, 6) is -0.118. The molecule has 1 unspecified atom stereocenters. The molecule has 4 nitrogen and oxygen atoms in total. The van der Waals surface area contributed by atoms with E-state index in [1.165, 1.54) is 0 Å². The highest BCUT2D eigenvalue weighted by molar-refractivity contribution is 5.92. The van der Waals surface area contributed by atoms with Crippen LogP contribution in [0.4, 0.5) is 0 Å². The smallest absolute Gasteiger partial charge is 0.248 e. The van der Waals surface area contributed by atoms with Crippen molar-refractivity contribution in [2.75, 3.05) is 0 Å². The van der Waals surface area contributed by atoms with Gasteiger partial charge in [-0.1, -0.05) is 69.2 Å². The van der Waals surface area contributed by atoms with Crippen molar-refractivity contribution in [1.82, 2.24) is 5.32 Å². The first kappa shape index (κ1) is 19.2. The second kappa shape index (κ2) is 7.95. The van der Waals surface area contributed by atoms with Crippen molar-refractivity contribution in [3.8, 4) is 0 Å². The zero-order valence-electron chi connectivity index (χ0n) is 16.1. The predicted octanol–water partition coefficient (Wildman–Crippen LogP) is 4.11. The summed E-state index contributed by atoms with van der Waals surface area (Å²) in [5, 5.41) is 3.31. The first-order chi connectivity index (χ1) is 12.9. The molecule has 2 amide bonds. The van der Waals surface area contributed by atoms with Crippen LogP contribution in [0.2, 0.25) is 0 Å². The predicted molar refractivity (Wildman–Crippen MR) is 107 cm³/mol. The number of rotatable bonds is 6. The van der Waals surface area contributed by atoms with Gasteiger partial charge in [-0.2, -0.15) is 0 Å². The van der Waals surface area contributed by atoms with E-state index in [1.807, 2.05) is 30.3 Å². The number of nitrogens with two attached hydrogens (primary N) is 1. The van der Waals surface area contributed by atoms with Crippen LogP contribution >= 0.6 is 0 Å². The van der Waals surface area contributed by atoms with Gasteiger partial charge < -0.3 is 11.1 Å². The van der Waals surface area contributed by atoms with Crippen LogP contribution in [0.25, 0.3) is 0 Å². The zero-order valence-corrected chi connectivity index (χ0v) is 16.1. The molecule has 3 N–H and O–H groups in total. The van der Waals surface area contributed by atoms with Crippen molar-refractivity contribution in [2.45, 2.75) is 51.0 Å². The highest BCUT2D eigenvalue weighted by Gasteiger charge is 2.43. The van der Waals surface area contributed by atoms with Crippen LogP contribution in [0.15, 0.2) is 54.6 Å². The van der Waals surface area contributed by atoms with Gasteiger partial charge in [-0.25, -0.2) is 0 Å². The molecule has 1 atom stereocenters. The van der Waals surface area contributed by atoms with Gasteiger partial charge >= 0.3 is 0 Å². The lowest BCUT2D eigenvalue weighted by molar-refractivity contribution is -0.127. The van der Waals surface area contributed by atoms with Gasteiger partial charge in [0.2, 0.25) is 11.8 Å². The van der Waals surface area contributed by atoms with E-state index in [1.54, 1.807) is 12.1 Å². The van der Waals surface area contributed by atoms with Crippen LogP contribution < -0.4 is 11.1 Å². The number of hydrogen-bond acceptors (Lipinski definition) is 2. The van der Waals surface area contributed by atoms with Crippen LogP contribution in [0.3, 0.4) is 0 Å². The fourth-order valence-corrected chi connectivity index (χ4v) is 4.15. The summed E-state index contributed by atoms with van der Waals surface area (Å²) in [6.45, 7) is 4.19. The van der Waals surface area contributed by atoms with Crippen LogP contribution in [0.5, 0.6) is 0 Å². The molecule has 0 aliphatic heterocycles. The molecule has 2 aromatic carbocycles. The van der Waals surface area contributed by atoms with Gasteiger partial charge in [0.25, 0.3) is 0 Å². The lowest BCUT2D eigenvalue weighted by Gasteiger charge is -2.32. The first-order valence-electron chi connectivity index (χ1n) is 9.70. The number of benzene rings is 2. The van der Waals surface area contributed by atoms with Crippen LogP contribution in [0, 0.1) is 5.92 Å². The van der Waals surface area contributed by atoms with Gasteiger partial charge in [0, 0.05) is 5.56 Å². The minimum Gasteiger partial charge on any atom is -0.366 e. The lowest BCUT2D eigenvalue weighted by atomic mass is 9.77. The van der Waals surface area contributed by atoms with Crippen LogP contribution in [-0.2, 0) is 10.2 Å². The Morgan fingerprint density at radius 3 is 2.07 bits per heavy atom. The Hall–Kier alpha value is -2.62. The second-order valence-corrected chi connectivity index (χ2v) is 7.84. The molecule has 4 heteroatoms. The monoisotopic (exact) mass is 364 g/mol. The number of amides is 2. The van der Waals surface area contributed by atoms with E-state index in [4.69, 9.17) is 5.73 Å². The van der Waals surface area contributed by atoms with Gasteiger partial charge in [0.1, 0.15) is 0 Å². The first-order valence-corrected chi connectivity index (χ1v) is 9.70. The summed E-state index contributed by atoms with van der Waals surface area (Å²) in [5.41, 5.74) is 7.46. The van der Waals surface area contributed by atoms with Crippen molar-refractivity contribution < 1.29 is 9.59 Å². The molecule has 1 aliphatic rings. The van der Waals surface area contributed by atoms with Gasteiger partial charge in [-0.15, -0.1) is 0 Å². The van der Waals surface area contributed by atoms with E-state index in [-0.39, 0.29) is 17.9 Å². The summed E-state index contributed by atoms with van der Waals surface area (Å²) < 4.78 is 0. The van der Waals surface area contributed by atoms with E-state index in [0.29, 0.717) is 5.56 Å². The summed E-state index contributed by atoms with van der Waals surface area (Å²) in [6.07, 6.45) is 3.91. The molecule has 3 rings (SSSR count). The standard InChI is InChI=1S/C23H28N2O2/c1-16(2)20(17-10-12-18(13-11-17)21(24)26)25-22(27)23(14-6-7-15-23)19-8-4-3-5-9-19/h3-5,8-13,16,20H,6-7,14-15H2,1-2H3,(H2,24,26)(H,25,27). The number of hydrogen-bond donors (Lipinski definition) is 2. The molecule has 1 saturated carbocycles. The quantitative estimate of drug-likeness (QED) is 0.809. The molecule has 0 heterocycles. The molecule has 1 fully saturated rings. The molecule has 142 valence electrons. The molecule has 0 bridgehead atoms. The molecular weight excluding hydrogens is 336 g/mol. The van der Waals surface area contributed by atoms with Crippen LogP contribution in [-0.4, -0.2) is 11.8 Å². The number of carbonyl (C=O) groups excluding carboxylic acids is 2. The third kappa shape index (κ3) is 3.90. The normalized spacial score (nSPS) is 16.9. The van der Waals surface area contributed by atoms with E-state index in [0.717, 1.165) is 36.8 Å². The van der Waals surface area contributed by atoms with Crippen molar-refractivity contribution >= 4 is 11.8 Å². The summed E-state index contributed by atoms with van der Waals surface area (Å²) in [4.78, 5) is 24.8. The molecule has 0 spiro atoms. The number of carbonyl (C=O) groups is 2. The Bertz CT molecular complexity index is 791. The Kier molecular flexibility index (Phi) is 5.64. The molecule has 0 saturated heterocycles. The maximum Gasteiger partial charge on any atom is 0.248 e. The number of nitrogens with one attached hydrogen (secondary N) is 1.